The fourth-order valence-corrected chi connectivity index (χ4v) is 4.73. The molecule has 1 fully saturated rings. The third-order valence-electron chi connectivity index (χ3n) is 4.19. The zero-order chi connectivity index (χ0) is 18.0. The molecule has 0 unspecified atom stereocenters. The summed E-state index contributed by atoms with van der Waals surface area (Å²) in [4.78, 5) is 14.3. The molecule has 0 bridgehead atoms. The van der Waals surface area contributed by atoms with Crippen LogP contribution in [-0.2, 0) is 9.84 Å². The standard InChI is InChI=1S/C18H17BrFNO3S/c19-15-3-1-14(2-4-15)18(22)11-21-9-13(10-21)12-25(23,24)17-7-5-16(20)6-8-17/h1-8,13H,9-12H2. The number of carbonyl (C=O) groups excluding carboxylic acids is 1. The Morgan fingerprint density at radius 3 is 2.28 bits per heavy atom. The normalized spacial score (nSPS) is 15.8. The molecule has 0 aromatic heterocycles. The van der Waals surface area contributed by atoms with Crippen molar-refractivity contribution in [3.8, 4) is 0 Å². The maximum Gasteiger partial charge on any atom is 0.178 e. The first-order chi connectivity index (χ1) is 11.8. The Bertz CT molecular complexity index is 860. The van der Waals surface area contributed by atoms with E-state index < -0.39 is 15.7 Å². The number of nitrogens with zero attached hydrogens (tertiary/aromatic N) is 1. The van der Waals surface area contributed by atoms with Crippen LogP contribution < -0.4 is 0 Å². The molecule has 4 nitrogen and oxygen atoms in total. The molecule has 7 heteroatoms. The van der Waals surface area contributed by atoms with E-state index in [1.165, 1.54) is 12.1 Å². The van der Waals surface area contributed by atoms with Gasteiger partial charge in [0.05, 0.1) is 17.2 Å². The number of carbonyl (C=O) groups is 1. The van der Waals surface area contributed by atoms with Gasteiger partial charge in [0.15, 0.2) is 15.6 Å². The van der Waals surface area contributed by atoms with Gasteiger partial charge in [-0.3, -0.25) is 9.69 Å². The van der Waals surface area contributed by atoms with Gasteiger partial charge in [-0.15, -0.1) is 0 Å². The predicted octanol–water partition coefficient (Wildman–Crippen LogP) is 3.18. The van der Waals surface area contributed by atoms with E-state index in [1.807, 2.05) is 17.0 Å². The van der Waals surface area contributed by atoms with E-state index in [4.69, 9.17) is 0 Å². The molecular formula is C18H17BrFNO3S. The highest BCUT2D eigenvalue weighted by molar-refractivity contribution is 9.10. The van der Waals surface area contributed by atoms with E-state index in [9.17, 15) is 17.6 Å². The molecule has 25 heavy (non-hydrogen) atoms. The number of ketones is 1. The van der Waals surface area contributed by atoms with Crippen LogP contribution in [0.15, 0.2) is 57.9 Å². The van der Waals surface area contributed by atoms with Gasteiger partial charge >= 0.3 is 0 Å². The van der Waals surface area contributed by atoms with Gasteiger partial charge in [-0.1, -0.05) is 28.1 Å². The molecule has 0 saturated carbocycles. The van der Waals surface area contributed by atoms with Crippen molar-refractivity contribution in [3.05, 3.63) is 64.4 Å². The minimum Gasteiger partial charge on any atom is -0.295 e. The van der Waals surface area contributed by atoms with Crippen LogP contribution >= 0.6 is 15.9 Å². The van der Waals surface area contributed by atoms with Crippen LogP contribution in [0.3, 0.4) is 0 Å². The molecule has 1 aliphatic rings. The van der Waals surface area contributed by atoms with Crippen molar-refractivity contribution in [1.29, 1.82) is 0 Å². The molecule has 0 aliphatic carbocycles. The highest BCUT2D eigenvalue weighted by Gasteiger charge is 2.32. The van der Waals surface area contributed by atoms with Gasteiger partial charge in [-0.05, 0) is 42.3 Å². The van der Waals surface area contributed by atoms with Gasteiger partial charge in [0, 0.05) is 23.1 Å². The first kappa shape index (κ1) is 18.2. The Labute approximate surface area is 154 Å². The van der Waals surface area contributed by atoms with Crippen molar-refractivity contribution in [3.63, 3.8) is 0 Å². The Balaban J connectivity index is 1.51. The summed E-state index contributed by atoms with van der Waals surface area (Å²) >= 11 is 3.33. The van der Waals surface area contributed by atoms with E-state index in [0.29, 0.717) is 18.7 Å². The van der Waals surface area contributed by atoms with E-state index >= 15 is 0 Å². The third kappa shape index (κ3) is 4.54. The fourth-order valence-electron chi connectivity index (χ4n) is 2.89. The lowest BCUT2D eigenvalue weighted by molar-refractivity contribution is 0.0771. The molecule has 0 atom stereocenters. The molecule has 1 saturated heterocycles. The smallest absolute Gasteiger partial charge is 0.178 e. The summed E-state index contributed by atoms with van der Waals surface area (Å²) in [5.41, 5.74) is 0.644. The average molecular weight is 426 g/mol. The van der Waals surface area contributed by atoms with Gasteiger partial charge in [-0.2, -0.15) is 0 Å². The number of hydrogen-bond donors (Lipinski definition) is 0. The van der Waals surface area contributed by atoms with Crippen molar-refractivity contribution >= 4 is 31.6 Å². The summed E-state index contributed by atoms with van der Waals surface area (Å²) < 4.78 is 38.5. The molecule has 132 valence electrons. The Morgan fingerprint density at radius 1 is 1.08 bits per heavy atom. The molecule has 0 amide bonds. The van der Waals surface area contributed by atoms with Crippen molar-refractivity contribution in [2.45, 2.75) is 4.90 Å². The topological polar surface area (TPSA) is 54.5 Å². The van der Waals surface area contributed by atoms with Crippen molar-refractivity contribution in [2.24, 2.45) is 5.92 Å². The maximum absolute atomic E-state index is 12.9. The number of rotatable bonds is 6. The summed E-state index contributed by atoms with van der Waals surface area (Å²) in [5, 5.41) is 0. The molecule has 1 aliphatic heterocycles. The summed E-state index contributed by atoms with van der Waals surface area (Å²) in [6.45, 7) is 1.43. The summed E-state index contributed by atoms with van der Waals surface area (Å²) in [7, 11) is -3.43. The number of sulfone groups is 1. The Kier molecular flexibility index (Phi) is 5.36. The second-order valence-electron chi connectivity index (χ2n) is 6.23. The van der Waals surface area contributed by atoms with Crippen molar-refractivity contribution < 1.29 is 17.6 Å². The Morgan fingerprint density at radius 2 is 1.68 bits per heavy atom. The molecule has 0 spiro atoms. The lowest BCUT2D eigenvalue weighted by atomic mass is 10.0. The van der Waals surface area contributed by atoms with Crippen molar-refractivity contribution in [2.75, 3.05) is 25.4 Å². The fraction of sp³-hybridized carbons (Fsp3) is 0.278. The predicted molar refractivity (Wildman–Crippen MR) is 96.9 cm³/mol. The lowest BCUT2D eigenvalue weighted by Gasteiger charge is -2.38. The second kappa shape index (κ2) is 7.35. The van der Waals surface area contributed by atoms with Gasteiger partial charge in [0.2, 0.25) is 0 Å². The van der Waals surface area contributed by atoms with Crippen LogP contribution in [0.25, 0.3) is 0 Å². The lowest BCUT2D eigenvalue weighted by Crippen LogP contribution is -2.51. The SMILES string of the molecule is O=C(CN1CC(CS(=O)(=O)c2ccc(F)cc2)C1)c1ccc(Br)cc1. The zero-order valence-electron chi connectivity index (χ0n) is 13.4. The average Bonchev–Trinajstić information content (AvgIpc) is 2.53. The first-order valence-corrected chi connectivity index (χ1v) is 10.3. The number of halogens is 2. The highest BCUT2D eigenvalue weighted by Crippen LogP contribution is 2.22. The maximum atomic E-state index is 12.9. The van der Waals surface area contributed by atoms with Gasteiger partial charge in [0.1, 0.15) is 5.82 Å². The van der Waals surface area contributed by atoms with Crippen LogP contribution in [0.5, 0.6) is 0 Å². The third-order valence-corrected chi connectivity index (χ3v) is 6.62. The minimum absolute atomic E-state index is 0.00669. The number of Topliss-reactive ketones (excluding diaryl/α,β-unsaturated/α-hetero) is 1. The van der Waals surface area contributed by atoms with Gasteiger partial charge < -0.3 is 0 Å². The van der Waals surface area contributed by atoms with Crippen LogP contribution in [0.2, 0.25) is 0 Å². The number of benzene rings is 2. The van der Waals surface area contributed by atoms with Gasteiger partial charge in [-0.25, -0.2) is 12.8 Å². The quantitative estimate of drug-likeness (QED) is 0.526. The molecular weight excluding hydrogens is 409 g/mol. The molecule has 2 aromatic rings. The van der Waals surface area contributed by atoms with Crippen LogP contribution in [-0.4, -0.2) is 44.5 Å². The highest BCUT2D eigenvalue weighted by atomic mass is 79.9. The molecule has 1 heterocycles. The van der Waals surface area contributed by atoms with Crippen LogP contribution in [0.1, 0.15) is 10.4 Å². The van der Waals surface area contributed by atoms with Crippen molar-refractivity contribution in [1.82, 2.24) is 4.90 Å². The molecule has 0 radical (unpaired) electrons. The van der Waals surface area contributed by atoms with Crippen LogP contribution in [0.4, 0.5) is 4.39 Å². The minimum atomic E-state index is -3.43. The van der Waals surface area contributed by atoms with Gasteiger partial charge in [0.25, 0.3) is 0 Å². The number of hydrogen-bond acceptors (Lipinski definition) is 4. The molecule has 3 rings (SSSR count). The second-order valence-corrected chi connectivity index (χ2v) is 9.18. The van der Waals surface area contributed by atoms with E-state index in [1.54, 1.807) is 12.1 Å². The number of likely N-dealkylation sites (tertiary alicyclic amines) is 1. The molecule has 0 N–H and O–H groups in total. The molecule has 2 aromatic carbocycles. The first-order valence-electron chi connectivity index (χ1n) is 7.83. The van der Waals surface area contributed by atoms with E-state index in [2.05, 4.69) is 15.9 Å². The monoisotopic (exact) mass is 425 g/mol. The summed E-state index contributed by atoms with van der Waals surface area (Å²) in [6, 6.07) is 12.1. The Hall–Kier alpha value is -1.57. The van der Waals surface area contributed by atoms with Crippen LogP contribution in [0, 0.1) is 11.7 Å². The largest absolute Gasteiger partial charge is 0.295 e. The summed E-state index contributed by atoms with van der Waals surface area (Å²) in [5.74, 6) is -0.429. The zero-order valence-corrected chi connectivity index (χ0v) is 15.8. The summed E-state index contributed by atoms with van der Waals surface area (Å²) in [6.07, 6.45) is 0. The van der Waals surface area contributed by atoms with E-state index in [-0.39, 0.29) is 28.9 Å². The van der Waals surface area contributed by atoms with E-state index in [0.717, 1.165) is 16.6 Å².